The van der Waals surface area contributed by atoms with Crippen molar-refractivity contribution in [2.75, 3.05) is 19.0 Å². The Bertz CT molecular complexity index is 468. The molecule has 2 rings (SSSR count). The van der Waals surface area contributed by atoms with Crippen LogP contribution in [0.5, 0.6) is 0 Å². The lowest BCUT2D eigenvalue weighted by Crippen LogP contribution is -2.61. The summed E-state index contributed by atoms with van der Waals surface area (Å²) in [6.07, 6.45) is 1.24. The molecule has 110 valence electrons. The Kier molecular flexibility index (Phi) is 4.45. The van der Waals surface area contributed by atoms with E-state index in [1.807, 2.05) is 31.2 Å². The smallest absolute Gasteiger partial charge is 0.238 e. The van der Waals surface area contributed by atoms with Crippen molar-refractivity contribution in [2.24, 2.45) is 5.41 Å². The van der Waals surface area contributed by atoms with Crippen molar-refractivity contribution in [1.82, 2.24) is 5.32 Å². The Labute approximate surface area is 120 Å². The second-order valence-electron chi connectivity index (χ2n) is 6.13. The minimum atomic E-state index is -0.00878. The summed E-state index contributed by atoms with van der Waals surface area (Å²) in [5.74, 6) is -0.00878. The summed E-state index contributed by atoms with van der Waals surface area (Å²) in [6.45, 7) is 6.69. The fourth-order valence-electron chi connectivity index (χ4n) is 2.69. The monoisotopic (exact) mass is 276 g/mol. The molecule has 20 heavy (non-hydrogen) atoms. The number of ether oxygens (including phenoxy) is 1. The van der Waals surface area contributed by atoms with E-state index in [9.17, 15) is 4.79 Å². The third-order valence-corrected chi connectivity index (χ3v) is 4.31. The van der Waals surface area contributed by atoms with Crippen molar-refractivity contribution in [3.8, 4) is 0 Å². The van der Waals surface area contributed by atoms with Gasteiger partial charge in [0.05, 0.1) is 12.6 Å². The van der Waals surface area contributed by atoms with Gasteiger partial charge in [0, 0.05) is 24.3 Å². The lowest BCUT2D eigenvalue weighted by atomic mass is 9.64. The molecule has 0 saturated heterocycles. The van der Waals surface area contributed by atoms with E-state index >= 15 is 0 Å². The quantitative estimate of drug-likeness (QED) is 0.868. The van der Waals surface area contributed by atoms with E-state index in [4.69, 9.17) is 4.74 Å². The predicted octanol–water partition coefficient (Wildman–Crippen LogP) is 2.34. The van der Waals surface area contributed by atoms with Gasteiger partial charge in [-0.05, 0) is 25.5 Å². The van der Waals surface area contributed by atoms with Crippen molar-refractivity contribution in [2.45, 2.75) is 39.3 Å². The second-order valence-corrected chi connectivity index (χ2v) is 6.13. The van der Waals surface area contributed by atoms with E-state index in [-0.39, 0.29) is 17.4 Å². The molecule has 1 aliphatic rings. The molecular weight excluding hydrogens is 252 g/mol. The fourth-order valence-corrected chi connectivity index (χ4v) is 2.69. The first-order chi connectivity index (χ1) is 9.43. The SMILES string of the molecule is COC1CC(NCC(=O)Nc2ccc(C)cc2)C1(C)C. The maximum Gasteiger partial charge on any atom is 0.238 e. The van der Waals surface area contributed by atoms with Crippen LogP contribution in [0.2, 0.25) is 0 Å². The zero-order valence-corrected chi connectivity index (χ0v) is 12.7. The molecule has 1 aromatic rings. The zero-order chi connectivity index (χ0) is 14.8. The normalized spacial score (nSPS) is 24.0. The van der Waals surface area contributed by atoms with Crippen LogP contribution in [0, 0.1) is 12.3 Å². The molecule has 0 radical (unpaired) electrons. The predicted molar refractivity (Wildman–Crippen MR) is 80.8 cm³/mol. The van der Waals surface area contributed by atoms with Crippen LogP contribution in [-0.2, 0) is 9.53 Å². The lowest BCUT2D eigenvalue weighted by Gasteiger charge is -2.51. The van der Waals surface area contributed by atoms with Gasteiger partial charge in [0.1, 0.15) is 0 Å². The second kappa shape index (κ2) is 5.94. The highest BCUT2D eigenvalue weighted by atomic mass is 16.5. The minimum absolute atomic E-state index is 0.00878. The zero-order valence-electron chi connectivity index (χ0n) is 12.7. The molecule has 0 spiro atoms. The van der Waals surface area contributed by atoms with Crippen LogP contribution in [0.15, 0.2) is 24.3 Å². The summed E-state index contributed by atoms with van der Waals surface area (Å²) in [5.41, 5.74) is 2.10. The standard InChI is InChI=1S/C16H24N2O2/c1-11-5-7-12(8-6-11)18-15(19)10-17-13-9-14(20-4)16(13,2)3/h5-8,13-14,17H,9-10H2,1-4H3,(H,18,19). The molecule has 1 amide bonds. The average molecular weight is 276 g/mol. The first-order valence-electron chi connectivity index (χ1n) is 7.06. The van der Waals surface area contributed by atoms with Crippen molar-refractivity contribution < 1.29 is 9.53 Å². The number of aryl methyl sites for hydroxylation is 1. The summed E-state index contributed by atoms with van der Waals surface area (Å²) in [6, 6.07) is 8.14. The molecule has 0 heterocycles. The Hall–Kier alpha value is -1.39. The molecule has 2 unspecified atom stereocenters. The van der Waals surface area contributed by atoms with E-state index in [2.05, 4.69) is 24.5 Å². The maximum absolute atomic E-state index is 11.9. The van der Waals surface area contributed by atoms with Crippen molar-refractivity contribution in [3.63, 3.8) is 0 Å². The van der Waals surface area contributed by atoms with E-state index < -0.39 is 0 Å². The van der Waals surface area contributed by atoms with Crippen LogP contribution < -0.4 is 10.6 Å². The van der Waals surface area contributed by atoms with E-state index in [0.29, 0.717) is 12.6 Å². The molecule has 1 saturated carbocycles. The Morgan fingerprint density at radius 3 is 2.55 bits per heavy atom. The molecule has 0 aromatic heterocycles. The molecule has 2 N–H and O–H groups in total. The lowest BCUT2D eigenvalue weighted by molar-refractivity contribution is -0.119. The molecule has 4 nitrogen and oxygen atoms in total. The van der Waals surface area contributed by atoms with Gasteiger partial charge >= 0.3 is 0 Å². The molecule has 0 aliphatic heterocycles. The number of rotatable bonds is 5. The summed E-state index contributed by atoms with van der Waals surface area (Å²) in [4.78, 5) is 11.9. The maximum atomic E-state index is 11.9. The molecule has 1 aromatic carbocycles. The van der Waals surface area contributed by atoms with Gasteiger partial charge in [-0.2, -0.15) is 0 Å². The van der Waals surface area contributed by atoms with Gasteiger partial charge in [-0.1, -0.05) is 31.5 Å². The number of amides is 1. The Morgan fingerprint density at radius 2 is 2.00 bits per heavy atom. The van der Waals surface area contributed by atoms with Crippen LogP contribution in [0.1, 0.15) is 25.8 Å². The molecule has 4 heteroatoms. The molecular formula is C16H24N2O2. The van der Waals surface area contributed by atoms with Crippen LogP contribution in [0.4, 0.5) is 5.69 Å². The van der Waals surface area contributed by atoms with E-state index in [0.717, 1.165) is 12.1 Å². The fraction of sp³-hybridized carbons (Fsp3) is 0.562. The third kappa shape index (κ3) is 3.19. The molecule has 1 aliphatic carbocycles. The Morgan fingerprint density at radius 1 is 1.35 bits per heavy atom. The largest absolute Gasteiger partial charge is 0.381 e. The Balaban J connectivity index is 1.77. The summed E-state index contributed by atoms with van der Waals surface area (Å²) < 4.78 is 5.40. The van der Waals surface area contributed by atoms with Crippen LogP contribution >= 0.6 is 0 Å². The molecule has 1 fully saturated rings. The van der Waals surface area contributed by atoms with Gasteiger partial charge in [-0.25, -0.2) is 0 Å². The van der Waals surface area contributed by atoms with Gasteiger partial charge in [0.2, 0.25) is 5.91 Å². The summed E-state index contributed by atoms with van der Waals surface area (Å²) >= 11 is 0. The average Bonchev–Trinajstić information content (AvgIpc) is 2.40. The topological polar surface area (TPSA) is 50.4 Å². The van der Waals surface area contributed by atoms with Crippen LogP contribution in [0.25, 0.3) is 0 Å². The van der Waals surface area contributed by atoms with Gasteiger partial charge in [-0.3, -0.25) is 4.79 Å². The van der Waals surface area contributed by atoms with Crippen molar-refractivity contribution >= 4 is 11.6 Å². The van der Waals surface area contributed by atoms with E-state index in [1.165, 1.54) is 5.56 Å². The van der Waals surface area contributed by atoms with Crippen LogP contribution in [-0.4, -0.2) is 31.7 Å². The number of hydrogen-bond acceptors (Lipinski definition) is 3. The number of anilines is 1. The highest BCUT2D eigenvalue weighted by molar-refractivity contribution is 5.92. The number of methoxy groups -OCH3 is 1. The highest BCUT2D eigenvalue weighted by Gasteiger charge is 2.48. The van der Waals surface area contributed by atoms with E-state index in [1.54, 1.807) is 7.11 Å². The number of benzene rings is 1. The van der Waals surface area contributed by atoms with Gasteiger partial charge in [-0.15, -0.1) is 0 Å². The van der Waals surface area contributed by atoms with Crippen LogP contribution in [0.3, 0.4) is 0 Å². The highest BCUT2D eigenvalue weighted by Crippen LogP contribution is 2.42. The molecule has 0 bridgehead atoms. The first kappa shape index (κ1) is 15.0. The number of nitrogens with one attached hydrogen (secondary N) is 2. The number of hydrogen-bond donors (Lipinski definition) is 2. The number of carbonyl (C=O) groups excluding carboxylic acids is 1. The summed E-state index contributed by atoms with van der Waals surface area (Å²) in [5, 5.41) is 6.21. The van der Waals surface area contributed by atoms with Crippen molar-refractivity contribution in [1.29, 1.82) is 0 Å². The van der Waals surface area contributed by atoms with Gasteiger partial charge < -0.3 is 15.4 Å². The first-order valence-corrected chi connectivity index (χ1v) is 7.06. The number of carbonyl (C=O) groups is 1. The summed E-state index contributed by atoms with van der Waals surface area (Å²) in [7, 11) is 1.74. The van der Waals surface area contributed by atoms with Crippen molar-refractivity contribution in [3.05, 3.63) is 29.8 Å². The minimum Gasteiger partial charge on any atom is -0.381 e. The van der Waals surface area contributed by atoms with Gasteiger partial charge in [0.25, 0.3) is 0 Å². The third-order valence-electron chi connectivity index (χ3n) is 4.31. The molecule has 2 atom stereocenters. The van der Waals surface area contributed by atoms with Gasteiger partial charge in [0.15, 0.2) is 0 Å².